The lowest BCUT2D eigenvalue weighted by Gasteiger charge is -2.17. The molecule has 1 fully saturated rings. The zero-order valence-electron chi connectivity index (χ0n) is 10.2. The van der Waals surface area contributed by atoms with Crippen molar-refractivity contribution in [1.29, 1.82) is 0 Å². The molecule has 1 aromatic carbocycles. The van der Waals surface area contributed by atoms with E-state index in [4.69, 9.17) is 4.74 Å². The molecular weight excluding hydrogens is 226 g/mol. The second-order valence-electron chi connectivity index (χ2n) is 5.04. The minimum absolute atomic E-state index is 0.542. The molecule has 4 rings (SSSR count). The lowest BCUT2D eigenvalue weighted by molar-refractivity contribution is 0.277. The van der Waals surface area contributed by atoms with Gasteiger partial charge in [0.2, 0.25) is 0 Å². The number of anilines is 1. The van der Waals surface area contributed by atoms with Crippen LogP contribution in [0.15, 0.2) is 30.7 Å². The Hall–Kier alpha value is -1.97. The van der Waals surface area contributed by atoms with E-state index in [2.05, 4.69) is 33.5 Å². The largest absolute Gasteiger partial charge is 0.493 e. The maximum absolute atomic E-state index is 5.84. The van der Waals surface area contributed by atoms with Crippen LogP contribution < -0.4 is 10.1 Å². The molecule has 1 aliphatic carbocycles. The van der Waals surface area contributed by atoms with Crippen LogP contribution in [0.25, 0.3) is 0 Å². The molecule has 92 valence electrons. The molecule has 1 aliphatic heterocycles. The number of nitrogens with one attached hydrogen (secondary N) is 2. The van der Waals surface area contributed by atoms with E-state index in [0.29, 0.717) is 17.8 Å². The predicted molar refractivity (Wildman–Crippen MR) is 69.0 cm³/mol. The highest BCUT2D eigenvalue weighted by Crippen LogP contribution is 2.64. The zero-order chi connectivity index (χ0) is 12.1. The van der Waals surface area contributed by atoms with E-state index in [9.17, 15) is 0 Å². The van der Waals surface area contributed by atoms with E-state index in [-0.39, 0.29) is 0 Å². The van der Waals surface area contributed by atoms with E-state index in [0.717, 1.165) is 18.0 Å². The van der Waals surface area contributed by atoms with Crippen LogP contribution in [0.3, 0.4) is 0 Å². The molecule has 2 N–H and O–H groups in total. The number of hydrogen-bond donors (Lipinski definition) is 2. The van der Waals surface area contributed by atoms with E-state index < -0.39 is 0 Å². The molecule has 0 bridgehead atoms. The van der Waals surface area contributed by atoms with Crippen molar-refractivity contribution in [1.82, 2.24) is 9.97 Å². The fourth-order valence-corrected chi connectivity index (χ4v) is 3.16. The second-order valence-corrected chi connectivity index (χ2v) is 5.04. The van der Waals surface area contributed by atoms with E-state index in [1.165, 1.54) is 11.3 Å². The van der Waals surface area contributed by atoms with Crippen LogP contribution in [-0.4, -0.2) is 23.6 Å². The molecule has 0 spiro atoms. The van der Waals surface area contributed by atoms with Crippen molar-refractivity contribution in [2.24, 2.45) is 5.92 Å². The molecule has 2 aliphatic rings. The first-order valence-corrected chi connectivity index (χ1v) is 6.31. The maximum atomic E-state index is 5.84. The Morgan fingerprint density at radius 2 is 2.33 bits per heavy atom. The Kier molecular flexibility index (Phi) is 1.95. The Morgan fingerprint density at radius 3 is 3.11 bits per heavy atom. The van der Waals surface area contributed by atoms with Crippen LogP contribution in [-0.2, 0) is 0 Å². The van der Waals surface area contributed by atoms with Gasteiger partial charge in [-0.1, -0.05) is 0 Å². The Balaban J connectivity index is 1.73. The summed E-state index contributed by atoms with van der Waals surface area (Å²) in [5.74, 6) is 2.77. The molecule has 0 amide bonds. The van der Waals surface area contributed by atoms with Crippen LogP contribution in [0.4, 0.5) is 5.69 Å². The molecule has 4 nitrogen and oxygen atoms in total. The number of nitrogens with zero attached hydrogens (tertiary/aromatic N) is 1. The molecule has 3 atom stereocenters. The van der Waals surface area contributed by atoms with Gasteiger partial charge in [0.25, 0.3) is 0 Å². The SMILES string of the molecule is CNc1ccc2c(c1)C1C(CO2)[C@H]1c1cnc[nH]1. The Bertz CT molecular complexity index is 579. The average molecular weight is 241 g/mol. The van der Waals surface area contributed by atoms with Crippen molar-refractivity contribution in [3.8, 4) is 5.75 Å². The van der Waals surface area contributed by atoms with Gasteiger partial charge in [-0.2, -0.15) is 0 Å². The second kappa shape index (κ2) is 3.51. The zero-order valence-corrected chi connectivity index (χ0v) is 10.2. The Morgan fingerprint density at radius 1 is 1.39 bits per heavy atom. The predicted octanol–water partition coefficient (Wildman–Crippen LogP) is 2.34. The minimum atomic E-state index is 0.542. The van der Waals surface area contributed by atoms with Crippen LogP contribution in [0.2, 0.25) is 0 Å². The summed E-state index contributed by atoms with van der Waals surface area (Å²) in [6.45, 7) is 0.820. The van der Waals surface area contributed by atoms with Gasteiger partial charge in [-0.15, -0.1) is 0 Å². The molecule has 0 radical (unpaired) electrons. The van der Waals surface area contributed by atoms with Gasteiger partial charge in [0.15, 0.2) is 0 Å². The summed E-state index contributed by atoms with van der Waals surface area (Å²) in [7, 11) is 1.95. The Labute approximate surface area is 105 Å². The smallest absolute Gasteiger partial charge is 0.122 e. The highest BCUT2D eigenvalue weighted by atomic mass is 16.5. The third-order valence-electron chi connectivity index (χ3n) is 4.14. The number of rotatable bonds is 2. The van der Waals surface area contributed by atoms with Gasteiger partial charge in [-0.3, -0.25) is 0 Å². The van der Waals surface area contributed by atoms with Crippen LogP contribution in [0.5, 0.6) is 5.75 Å². The monoisotopic (exact) mass is 241 g/mol. The van der Waals surface area contributed by atoms with E-state index in [1.54, 1.807) is 6.33 Å². The number of fused-ring (bicyclic) bond motifs is 3. The maximum Gasteiger partial charge on any atom is 0.122 e. The number of aromatic amines is 1. The van der Waals surface area contributed by atoms with Gasteiger partial charge < -0.3 is 15.0 Å². The van der Waals surface area contributed by atoms with Crippen molar-refractivity contribution >= 4 is 5.69 Å². The number of ether oxygens (including phenoxy) is 1. The van der Waals surface area contributed by atoms with Gasteiger partial charge in [0.05, 0.1) is 12.9 Å². The normalized spacial score (nSPS) is 27.9. The third kappa shape index (κ3) is 1.29. The summed E-state index contributed by atoms with van der Waals surface area (Å²) in [5.41, 5.74) is 3.71. The van der Waals surface area contributed by atoms with Crippen molar-refractivity contribution in [2.75, 3.05) is 19.0 Å². The molecule has 1 saturated carbocycles. The van der Waals surface area contributed by atoms with Crippen LogP contribution >= 0.6 is 0 Å². The number of imidazole rings is 1. The summed E-state index contributed by atoms with van der Waals surface area (Å²) < 4.78 is 5.84. The number of aromatic nitrogens is 2. The van der Waals surface area contributed by atoms with E-state index >= 15 is 0 Å². The van der Waals surface area contributed by atoms with Crippen molar-refractivity contribution < 1.29 is 4.74 Å². The lowest BCUT2D eigenvalue weighted by Crippen LogP contribution is -2.08. The summed E-state index contributed by atoms with van der Waals surface area (Å²) in [6, 6.07) is 6.34. The number of hydrogen-bond acceptors (Lipinski definition) is 3. The average Bonchev–Trinajstić information content (AvgIpc) is 2.91. The topological polar surface area (TPSA) is 49.9 Å². The minimum Gasteiger partial charge on any atom is -0.493 e. The number of benzene rings is 1. The van der Waals surface area contributed by atoms with Gasteiger partial charge >= 0.3 is 0 Å². The molecule has 2 heterocycles. The highest BCUT2D eigenvalue weighted by molar-refractivity contribution is 5.56. The molecule has 2 aromatic rings. The fraction of sp³-hybridized carbons (Fsp3) is 0.357. The quantitative estimate of drug-likeness (QED) is 0.848. The van der Waals surface area contributed by atoms with Gasteiger partial charge in [0, 0.05) is 47.9 Å². The fourth-order valence-electron chi connectivity index (χ4n) is 3.16. The summed E-state index contributed by atoms with van der Waals surface area (Å²) in [6.07, 6.45) is 3.69. The molecule has 1 aromatic heterocycles. The highest BCUT2D eigenvalue weighted by Gasteiger charge is 2.56. The first-order chi connectivity index (χ1) is 8.88. The summed E-state index contributed by atoms with van der Waals surface area (Å²) >= 11 is 0. The van der Waals surface area contributed by atoms with Crippen LogP contribution in [0, 0.1) is 5.92 Å². The molecular formula is C14H15N3O. The first kappa shape index (κ1) is 10.00. The molecule has 2 unspecified atom stereocenters. The standard InChI is InChI=1S/C14H15N3O/c1-15-8-2-3-12-9(4-8)13-10(6-18-12)14(13)11-5-16-7-17-11/h2-5,7,10,13-15H,6H2,1H3,(H,16,17)/t10?,13?,14-/m0/s1. The summed E-state index contributed by atoms with van der Waals surface area (Å²) in [4.78, 5) is 7.35. The number of H-pyrrole nitrogens is 1. The van der Waals surface area contributed by atoms with Crippen LogP contribution in [0.1, 0.15) is 23.1 Å². The summed E-state index contributed by atoms with van der Waals surface area (Å²) in [5, 5.41) is 3.19. The van der Waals surface area contributed by atoms with Gasteiger partial charge in [-0.05, 0) is 18.2 Å². The van der Waals surface area contributed by atoms with Crippen molar-refractivity contribution in [3.05, 3.63) is 42.0 Å². The first-order valence-electron chi connectivity index (χ1n) is 6.31. The third-order valence-corrected chi connectivity index (χ3v) is 4.14. The van der Waals surface area contributed by atoms with Crippen molar-refractivity contribution in [2.45, 2.75) is 11.8 Å². The van der Waals surface area contributed by atoms with E-state index in [1.807, 2.05) is 13.2 Å². The lowest BCUT2D eigenvalue weighted by atomic mass is 10.0. The molecule has 0 saturated heterocycles. The molecule has 4 heteroatoms. The molecule has 18 heavy (non-hydrogen) atoms. The van der Waals surface area contributed by atoms with Crippen molar-refractivity contribution in [3.63, 3.8) is 0 Å². The van der Waals surface area contributed by atoms with Gasteiger partial charge in [0.1, 0.15) is 5.75 Å². The van der Waals surface area contributed by atoms with Gasteiger partial charge in [-0.25, -0.2) is 4.98 Å².